The molecule has 2 fully saturated rings. The Morgan fingerprint density at radius 2 is 1.89 bits per heavy atom. The molecule has 1 aromatic rings. The average Bonchev–Trinajstić information content (AvgIpc) is 2.97. The van der Waals surface area contributed by atoms with E-state index in [9.17, 15) is 9.59 Å². The van der Waals surface area contributed by atoms with Crippen LogP contribution in [-0.4, -0.2) is 11.9 Å². The lowest BCUT2D eigenvalue weighted by atomic mass is 9.75. The summed E-state index contributed by atoms with van der Waals surface area (Å²) in [5.74, 6) is -0.912. The maximum Gasteiger partial charge on any atom is 0.322 e. The molecular weight excluding hydrogens is 248 g/mol. The number of hydrogen-bond donors (Lipinski definition) is 0. The number of carbonyl (C=O) groups is 2. The third-order valence-corrected chi connectivity index (χ3v) is 5.05. The first-order valence-corrected chi connectivity index (χ1v) is 7.44. The summed E-state index contributed by atoms with van der Waals surface area (Å²) >= 11 is 1.54. The molecule has 96 valence electrons. The van der Waals surface area contributed by atoms with Gasteiger partial charge in [-0.25, -0.2) is 0 Å². The molecule has 0 radical (unpaired) electrons. The highest BCUT2D eigenvalue weighted by Gasteiger charge is 2.49. The molecule has 2 unspecified atom stereocenters. The van der Waals surface area contributed by atoms with E-state index < -0.39 is 0 Å². The van der Waals surface area contributed by atoms with Crippen LogP contribution in [0.5, 0.6) is 0 Å². The molecule has 3 nitrogen and oxygen atoms in total. The smallest absolute Gasteiger partial charge is 0.322 e. The maximum absolute atomic E-state index is 12.0. The van der Waals surface area contributed by atoms with Gasteiger partial charge in [0, 0.05) is 4.88 Å². The van der Waals surface area contributed by atoms with E-state index in [0.29, 0.717) is 5.92 Å². The van der Waals surface area contributed by atoms with Crippen molar-refractivity contribution in [1.82, 2.24) is 0 Å². The van der Waals surface area contributed by atoms with E-state index in [1.165, 1.54) is 19.3 Å². The van der Waals surface area contributed by atoms with Crippen LogP contribution < -0.4 is 0 Å². The molecule has 0 N–H and O–H groups in total. The highest BCUT2D eigenvalue weighted by Crippen LogP contribution is 2.44. The first-order valence-electron chi connectivity index (χ1n) is 6.56. The Hall–Kier alpha value is -1.16. The van der Waals surface area contributed by atoms with Crippen molar-refractivity contribution in [3.8, 4) is 0 Å². The van der Waals surface area contributed by atoms with Gasteiger partial charge in [0.05, 0.1) is 5.92 Å². The van der Waals surface area contributed by atoms with Crippen LogP contribution in [0.4, 0.5) is 0 Å². The molecule has 0 bridgehead atoms. The third-order valence-electron chi connectivity index (χ3n) is 4.09. The Bertz CT molecular complexity index is 446. The van der Waals surface area contributed by atoms with E-state index in [1.807, 2.05) is 17.5 Å². The molecule has 4 heteroatoms. The van der Waals surface area contributed by atoms with Crippen LogP contribution in [0, 0.1) is 11.8 Å². The molecule has 3 rings (SSSR count). The zero-order chi connectivity index (χ0) is 12.5. The van der Waals surface area contributed by atoms with Gasteiger partial charge in [-0.1, -0.05) is 25.3 Å². The van der Waals surface area contributed by atoms with Crippen molar-refractivity contribution in [2.24, 2.45) is 11.8 Å². The molecule has 18 heavy (non-hydrogen) atoms. The number of thiophene rings is 1. The van der Waals surface area contributed by atoms with E-state index in [0.717, 1.165) is 17.7 Å². The summed E-state index contributed by atoms with van der Waals surface area (Å²) in [5, 5.41) is 1.95. The van der Waals surface area contributed by atoms with Crippen molar-refractivity contribution >= 4 is 23.3 Å². The van der Waals surface area contributed by atoms with E-state index in [2.05, 4.69) is 0 Å². The monoisotopic (exact) mass is 264 g/mol. The predicted octanol–water partition coefficient (Wildman–Crippen LogP) is 3.11. The summed E-state index contributed by atoms with van der Waals surface area (Å²) in [6.07, 6.45) is 5.68. The van der Waals surface area contributed by atoms with Gasteiger partial charge in [-0.05, 0) is 30.2 Å². The van der Waals surface area contributed by atoms with E-state index >= 15 is 0 Å². The van der Waals surface area contributed by atoms with Crippen molar-refractivity contribution < 1.29 is 14.3 Å². The Morgan fingerprint density at radius 1 is 1.11 bits per heavy atom. The summed E-state index contributed by atoms with van der Waals surface area (Å²) in [7, 11) is 0. The van der Waals surface area contributed by atoms with Gasteiger partial charge in [-0.15, -0.1) is 11.3 Å². The molecule has 1 aromatic heterocycles. The Kier molecular flexibility index (Phi) is 3.20. The molecule has 1 aliphatic heterocycles. The summed E-state index contributed by atoms with van der Waals surface area (Å²) in [5.41, 5.74) is 0. The first-order chi connectivity index (χ1) is 8.77. The standard InChI is InChI=1S/C14H16O3S/c15-13-11(9-5-2-1-3-6-9)12(14(16)17-13)10-7-4-8-18-10/h4,7-9,11-12H,1-3,5-6H2. The summed E-state index contributed by atoms with van der Waals surface area (Å²) in [6, 6.07) is 3.86. The quantitative estimate of drug-likeness (QED) is 0.609. The second-order valence-corrected chi connectivity index (χ2v) is 6.14. The number of rotatable bonds is 2. The zero-order valence-corrected chi connectivity index (χ0v) is 10.9. The fourth-order valence-corrected chi connectivity index (χ4v) is 4.09. The molecular formula is C14H16O3S. The van der Waals surface area contributed by atoms with Gasteiger partial charge in [0.2, 0.25) is 0 Å². The van der Waals surface area contributed by atoms with E-state index in [-0.39, 0.29) is 23.8 Å². The first kappa shape index (κ1) is 11.9. The lowest BCUT2D eigenvalue weighted by Gasteiger charge is -2.27. The Labute approximate surface area is 110 Å². The number of carbonyl (C=O) groups excluding carboxylic acids is 2. The van der Waals surface area contributed by atoms with Crippen molar-refractivity contribution in [2.45, 2.75) is 38.0 Å². The fraction of sp³-hybridized carbons (Fsp3) is 0.571. The highest BCUT2D eigenvalue weighted by atomic mass is 32.1. The number of cyclic esters (lactones) is 2. The summed E-state index contributed by atoms with van der Waals surface area (Å²) in [6.45, 7) is 0. The molecule has 1 aliphatic carbocycles. The van der Waals surface area contributed by atoms with Gasteiger partial charge in [0.1, 0.15) is 5.92 Å². The van der Waals surface area contributed by atoms with Crippen molar-refractivity contribution in [2.75, 3.05) is 0 Å². The molecule has 0 spiro atoms. The molecule has 0 aromatic carbocycles. The van der Waals surface area contributed by atoms with Crippen LogP contribution in [0.15, 0.2) is 17.5 Å². The van der Waals surface area contributed by atoms with Crippen LogP contribution >= 0.6 is 11.3 Å². The minimum atomic E-state index is -0.349. The second kappa shape index (κ2) is 4.84. The second-order valence-electron chi connectivity index (χ2n) is 5.16. The lowest BCUT2D eigenvalue weighted by molar-refractivity contribution is -0.153. The molecule has 0 amide bonds. The van der Waals surface area contributed by atoms with Crippen LogP contribution in [-0.2, 0) is 14.3 Å². The van der Waals surface area contributed by atoms with Crippen LogP contribution in [0.1, 0.15) is 42.9 Å². The minimum Gasteiger partial charge on any atom is -0.392 e. The Morgan fingerprint density at radius 3 is 2.56 bits per heavy atom. The van der Waals surface area contributed by atoms with E-state index in [1.54, 1.807) is 11.3 Å². The van der Waals surface area contributed by atoms with Crippen LogP contribution in [0.3, 0.4) is 0 Å². The molecule has 2 aliphatic rings. The van der Waals surface area contributed by atoms with Gasteiger partial charge < -0.3 is 4.74 Å². The normalized spacial score (nSPS) is 29.6. The highest BCUT2D eigenvalue weighted by molar-refractivity contribution is 7.10. The largest absolute Gasteiger partial charge is 0.392 e. The topological polar surface area (TPSA) is 43.4 Å². The molecule has 2 atom stereocenters. The molecule has 1 saturated carbocycles. The van der Waals surface area contributed by atoms with Gasteiger partial charge in [-0.2, -0.15) is 0 Å². The summed E-state index contributed by atoms with van der Waals surface area (Å²) < 4.78 is 4.89. The average molecular weight is 264 g/mol. The van der Waals surface area contributed by atoms with Crippen molar-refractivity contribution in [3.63, 3.8) is 0 Å². The van der Waals surface area contributed by atoms with Gasteiger partial charge >= 0.3 is 11.9 Å². The van der Waals surface area contributed by atoms with Crippen LogP contribution in [0.25, 0.3) is 0 Å². The van der Waals surface area contributed by atoms with Crippen LogP contribution in [0.2, 0.25) is 0 Å². The number of hydrogen-bond acceptors (Lipinski definition) is 4. The third kappa shape index (κ3) is 1.99. The van der Waals surface area contributed by atoms with Gasteiger partial charge in [0.15, 0.2) is 0 Å². The van der Waals surface area contributed by atoms with Gasteiger partial charge in [0.25, 0.3) is 0 Å². The van der Waals surface area contributed by atoms with Crippen molar-refractivity contribution in [3.05, 3.63) is 22.4 Å². The fourth-order valence-electron chi connectivity index (χ4n) is 3.23. The van der Waals surface area contributed by atoms with E-state index in [4.69, 9.17) is 4.74 Å². The SMILES string of the molecule is O=C1OC(=O)C(C2CCCCC2)C1c1cccs1. The van der Waals surface area contributed by atoms with Crippen molar-refractivity contribution in [1.29, 1.82) is 0 Å². The number of ether oxygens (including phenoxy) is 1. The zero-order valence-electron chi connectivity index (χ0n) is 10.1. The molecule has 1 saturated heterocycles. The number of esters is 2. The summed E-state index contributed by atoms with van der Waals surface area (Å²) in [4.78, 5) is 24.8. The maximum atomic E-state index is 12.0. The van der Waals surface area contributed by atoms with Gasteiger partial charge in [-0.3, -0.25) is 9.59 Å². The lowest BCUT2D eigenvalue weighted by Crippen LogP contribution is -2.26. The molecule has 2 heterocycles. The Balaban J connectivity index is 1.89. The predicted molar refractivity (Wildman–Crippen MR) is 68.2 cm³/mol. The minimum absolute atomic E-state index is 0.239.